The molecule has 1 aromatic heterocycles. The first-order chi connectivity index (χ1) is 18.0. The van der Waals surface area contributed by atoms with Crippen molar-refractivity contribution in [1.82, 2.24) is 9.88 Å². The fourth-order valence-corrected chi connectivity index (χ4v) is 4.59. The molecule has 1 atom stereocenters. The molecule has 2 aliphatic rings. The number of rotatable bonds is 7. The van der Waals surface area contributed by atoms with Gasteiger partial charge in [0.25, 0.3) is 5.91 Å². The molecule has 0 bridgehead atoms. The third-order valence-electron chi connectivity index (χ3n) is 6.40. The number of carbonyl (C=O) groups is 3. The predicted octanol–water partition coefficient (Wildman–Crippen LogP) is 1.17. The Morgan fingerprint density at radius 3 is 2.54 bits per heavy atom. The van der Waals surface area contributed by atoms with Gasteiger partial charge in [0.05, 0.1) is 25.3 Å². The summed E-state index contributed by atoms with van der Waals surface area (Å²) in [4.78, 5) is 42.7. The molecule has 3 heterocycles. The lowest BCUT2D eigenvalue weighted by atomic mass is 9.94. The van der Waals surface area contributed by atoms with Gasteiger partial charge in [-0.3, -0.25) is 14.6 Å². The minimum absolute atomic E-state index is 0.137. The Labute approximate surface area is 212 Å². The highest BCUT2D eigenvalue weighted by atomic mass is 16.6. The summed E-state index contributed by atoms with van der Waals surface area (Å²) < 4.78 is 17.8. The monoisotopic (exact) mass is 503 g/mol. The third kappa shape index (κ3) is 4.65. The maximum Gasteiger partial charge on any atom is 0.337 e. The third-order valence-corrected chi connectivity index (χ3v) is 6.40. The van der Waals surface area contributed by atoms with Crippen LogP contribution in [0.3, 0.4) is 0 Å². The minimum atomic E-state index is -0.899. The number of esters is 1. The molecule has 1 saturated heterocycles. The molecule has 0 spiro atoms. The lowest BCUT2D eigenvalue weighted by Crippen LogP contribution is -2.36. The van der Waals surface area contributed by atoms with E-state index in [4.69, 9.17) is 14.2 Å². The van der Waals surface area contributed by atoms with Crippen LogP contribution >= 0.6 is 0 Å². The number of nitrogens with one attached hydrogen (secondary N) is 1. The van der Waals surface area contributed by atoms with Crippen molar-refractivity contribution in [2.24, 2.45) is 0 Å². The Morgan fingerprint density at radius 1 is 1.11 bits per heavy atom. The highest BCUT2D eigenvalue weighted by molar-refractivity contribution is 6.46. The molecule has 0 radical (unpaired) electrons. The summed E-state index contributed by atoms with van der Waals surface area (Å²) in [5.74, 6) is -1.71. The molecule has 1 fully saturated rings. The number of amides is 1. The lowest BCUT2D eigenvalue weighted by Gasteiger charge is -2.28. The average molecular weight is 504 g/mol. The lowest BCUT2D eigenvalue weighted by molar-refractivity contribution is -0.695. The molecule has 10 heteroatoms. The van der Waals surface area contributed by atoms with E-state index >= 15 is 0 Å². The number of methoxy groups -OCH3 is 1. The predicted molar refractivity (Wildman–Crippen MR) is 127 cm³/mol. The maximum absolute atomic E-state index is 13.7. The van der Waals surface area contributed by atoms with Gasteiger partial charge in [0, 0.05) is 18.5 Å². The number of aromatic nitrogens is 2. The van der Waals surface area contributed by atoms with Crippen LogP contribution in [0, 0.1) is 0 Å². The van der Waals surface area contributed by atoms with Gasteiger partial charge in [0.15, 0.2) is 11.5 Å². The Balaban J connectivity index is 1.53. The minimum Gasteiger partial charge on any atom is -0.872 e. The molecule has 0 aliphatic carbocycles. The van der Waals surface area contributed by atoms with E-state index in [1.54, 1.807) is 48.9 Å². The van der Waals surface area contributed by atoms with Gasteiger partial charge >= 0.3 is 5.97 Å². The number of benzene rings is 2. The fraction of sp³-hybridized carbons (Fsp3) is 0.259. The van der Waals surface area contributed by atoms with E-state index in [2.05, 4.69) is 4.98 Å². The first-order valence-electron chi connectivity index (χ1n) is 11.8. The number of hydrogen-bond acceptors (Lipinski definition) is 7. The van der Waals surface area contributed by atoms with E-state index in [9.17, 15) is 19.5 Å². The number of aromatic amines is 1. The Kier molecular flexibility index (Phi) is 6.63. The summed E-state index contributed by atoms with van der Waals surface area (Å²) in [5.41, 5.74) is 0.946. The summed E-state index contributed by atoms with van der Waals surface area (Å²) in [6.45, 7) is 1.62. The summed E-state index contributed by atoms with van der Waals surface area (Å²) in [6, 6.07) is 10.2. The van der Waals surface area contributed by atoms with Gasteiger partial charge < -0.3 is 24.2 Å². The normalized spacial score (nSPS) is 18.2. The van der Waals surface area contributed by atoms with Gasteiger partial charge in [-0.25, -0.2) is 9.36 Å². The number of aryl methyl sites for hydroxylation is 1. The fourth-order valence-electron chi connectivity index (χ4n) is 4.59. The maximum atomic E-state index is 13.7. The molecule has 37 heavy (non-hydrogen) atoms. The summed E-state index contributed by atoms with van der Waals surface area (Å²) in [6.07, 6.45) is 6.00. The van der Waals surface area contributed by atoms with E-state index in [1.807, 2.05) is 10.8 Å². The Bertz CT molecular complexity index is 1360. The Hall–Kier alpha value is -4.60. The van der Waals surface area contributed by atoms with Crippen LogP contribution in [0.4, 0.5) is 0 Å². The zero-order valence-electron chi connectivity index (χ0n) is 20.1. The van der Waals surface area contributed by atoms with Crippen molar-refractivity contribution in [1.29, 1.82) is 0 Å². The highest BCUT2D eigenvalue weighted by Crippen LogP contribution is 2.40. The van der Waals surface area contributed by atoms with E-state index in [0.717, 1.165) is 0 Å². The molecule has 3 aromatic rings. The number of fused-ring (bicyclic) bond motifs is 1. The van der Waals surface area contributed by atoms with Crippen LogP contribution in [0.1, 0.15) is 33.9 Å². The van der Waals surface area contributed by atoms with Crippen molar-refractivity contribution < 1.29 is 38.3 Å². The van der Waals surface area contributed by atoms with Crippen LogP contribution in [-0.4, -0.2) is 54.4 Å². The molecule has 0 saturated carbocycles. The Morgan fingerprint density at radius 2 is 1.84 bits per heavy atom. The molecule has 1 amide bonds. The molecule has 2 aromatic carbocycles. The van der Waals surface area contributed by atoms with Crippen LogP contribution in [0.15, 0.2) is 66.8 Å². The van der Waals surface area contributed by atoms with Crippen LogP contribution in [0.25, 0.3) is 5.76 Å². The van der Waals surface area contributed by atoms with Gasteiger partial charge in [-0.2, -0.15) is 0 Å². The van der Waals surface area contributed by atoms with Crippen LogP contribution in [0.2, 0.25) is 0 Å². The van der Waals surface area contributed by atoms with Crippen LogP contribution in [-0.2, 0) is 20.9 Å². The number of ether oxygens (including phenoxy) is 3. The molecule has 5 rings (SSSR count). The average Bonchev–Trinajstić information content (AvgIpc) is 3.54. The number of ketones is 1. The first-order valence-corrected chi connectivity index (χ1v) is 11.8. The molecular formula is C27H25N3O7. The number of carbonyl (C=O) groups excluding carboxylic acids is 3. The largest absolute Gasteiger partial charge is 0.872 e. The molecule has 1 unspecified atom stereocenters. The van der Waals surface area contributed by atoms with Gasteiger partial charge in [-0.1, -0.05) is 24.0 Å². The first kappa shape index (κ1) is 24.1. The smallest absolute Gasteiger partial charge is 0.337 e. The highest BCUT2D eigenvalue weighted by Gasteiger charge is 2.44. The number of imidazole rings is 1. The van der Waals surface area contributed by atoms with Crippen molar-refractivity contribution in [2.45, 2.75) is 19.0 Å². The molecule has 190 valence electrons. The molecule has 1 N–H and O–H groups in total. The quantitative estimate of drug-likeness (QED) is 0.169. The summed E-state index contributed by atoms with van der Waals surface area (Å²) >= 11 is 0. The zero-order chi connectivity index (χ0) is 25.9. The van der Waals surface area contributed by atoms with Crippen molar-refractivity contribution in [2.75, 3.05) is 26.9 Å². The van der Waals surface area contributed by atoms with Crippen molar-refractivity contribution >= 4 is 23.4 Å². The van der Waals surface area contributed by atoms with Gasteiger partial charge in [0.1, 0.15) is 25.6 Å². The summed E-state index contributed by atoms with van der Waals surface area (Å²) in [5, 5.41) is 13.7. The number of likely N-dealkylation sites (tertiary alicyclic amines) is 1. The van der Waals surface area contributed by atoms with Crippen LogP contribution in [0.5, 0.6) is 11.5 Å². The van der Waals surface area contributed by atoms with E-state index in [1.165, 1.54) is 18.1 Å². The van der Waals surface area contributed by atoms with Crippen LogP contribution < -0.4 is 19.1 Å². The summed E-state index contributed by atoms with van der Waals surface area (Å²) in [7, 11) is 1.28. The second kappa shape index (κ2) is 10.2. The van der Waals surface area contributed by atoms with E-state index < -0.39 is 29.5 Å². The SMILES string of the molecule is COC(=O)c1ccc(C2C(=C([O-])c3ccc4c(c3)OCCO4)C(=O)C(=O)N2CCC[n+]2cc[nH]c2)cc1. The van der Waals surface area contributed by atoms with Gasteiger partial charge in [-0.05, 0) is 35.4 Å². The molecular weight excluding hydrogens is 478 g/mol. The number of H-pyrrole nitrogens is 1. The van der Waals surface area contributed by atoms with Crippen molar-refractivity contribution in [3.8, 4) is 11.5 Å². The second-order valence-corrected chi connectivity index (χ2v) is 8.65. The van der Waals surface area contributed by atoms with E-state index in [-0.39, 0.29) is 17.7 Å². The zero-order valence-corrected chi connectivity index (χ0v) is 20.1. The number of nitrogens with zero attached hydrogens (tertiary/aromatic N) is 2. The van der Waals surface area contributed by atoms with Gasteiger partial charge in [0.2, 0.25) is 12.1 Å². The standard InChI is InChI=1S/C27H25N3O7/c1-35-27(34)18-5-3-17(4-6-18)23-22(24(31)19-7-8-20-21(15-19)37-14-13-36-20)25(32)26(33)30(23)11-2-10-29-12-9-28-16-29/h3-9,12,15-16,23H,2,10-11,13-14H2,1H3,(H,31,32). The van der Waals surface area contributed by atoms with Gasteiger partial charge in [-0.15, -0.1) is 0 Å². The number of hydrogen-bond donors (Lipinski definition) is 1. The van der Waals surface area contributed by atoms with E-state index in [0.29, 0.717) is 48.8 Å². The number of Topliss-reactive ketones (excluding diaryl/α,β-unsaturated/α-hetero) is 1. The second-order valence-electron chi connectivity index (χ2n) is 8.65. The van der Waals surface area contributed by atoms with Crippen molar-refractivity contribution in [3.63, 3.8) is 0 Å². The molecule has 2 aliphatic heterocycles. The van der Waals surface area contributed by atoms with Crippen molar-refractivity contribution in [3.05, 3.63) is 83.4 Å². The topological polar surface area (TPSA) is 125 Å². The molecule has 10 nitrogen and oxygen atoms in total.